The third-order valence-electron chi connectivity index (χ3n) is 4.73. The van der Waals surface area contributed by atoms with E-state index in [1.807, 2.05) is 20.8 Å². The molecule has 2 aliphatic rings. The number of hydrogen-bond acceptors (Lipinski definition) is 3. The van der Waals surface area contributed by atoms with Crippen LogP contribution < -0.4 is 0 Å². The van der Waals surface area contributed by atoms with Crippen molar-refractivity contribution >= 4 is 12.1 Å². The predicted molar refractivity (Wildman–Crippen MR) is 79.1 cm³/mol. The molecule has 1 amide bonds. The van der Waals surface area contributed by atoms with Gasteiger partial charge in [-0.2, -0.15) is 0 Å². The van der Waals surface area contributed by atoms with Crippen molar-refractivity contribution in [1.29, 1.82) is 0 Å². The van der Waals surface area contributed by atoms with Crippen LogP contribution in [0.5, 0.6) is 0 Å². The number of nitrogens with zero attached hydrogens (tertiary/aromatic N) is 1. The Labute approximate surface area is 126 Å². The van der Waals surface area contributed by atoms with Crippen LogP contribution >= 0.6 is 0 Å². The summed E-state index contributed by atoms with van der Waals surface area (Å²) in [6, 6.07) is 0. The van der Waals surface area contributed by atoms with Gasteiger partial charge in [-0.05, 0) is 46.0 Å². The van der Waals surface area contributed by atoms with Gasteiger partial charge in [-0.15, -0.1) is 0 Å². The fourth-order valence-electron chi connectivity index (χ4n) is 3.20. The zero-order valence-corrected chi connectivity index (χ0v) is 13.4. The van der Waals surface area contributed by atoms with E-state index >= 15 is 0 Å². The number of piperidine rings is 1. The van der Waals surface area contributed by atoms with Gasteiger partial charge >= 0.3 is 12.1 Å². The molecule has 5 nitrogen and oxygen atoms in total. The highest BCUT2D eigenvalue weighted by molar-refractivity contribution is 5.75. The second-order valence-corrected chi connectivity index (χ2v) is 7.55. The average Bonchev–Trinajstić information content (AvgIpc) is 2.32. The number of aliphatic carboxylic acids is 1. The third kappa shape index (κ3) is 3.89. The first kappa shape index (κ1) is 16.1. The molecule has 120 valence electrons. The molecule has 0 bridgehead atoms. The molecular weight excluding hydrogens is 270 g/mol. The molecule has 1 saturated heterocycles. The number of rotatable bonds is 3. The minimum atomic E-state index is -0.696. The summed E-state index contributed by atoms with van der Waals surface area (Å²) in [5.74, 6) is -0.132. The zero-order chi connectivity index (χ0) is 15.7. The van der Waals surface area contributed by atoms with E-state index in [-0.39, 0.29) is 6.09 Å². The van der Waals surface area contributed by atoms with E-state index in [1.54, 1.807) is 4.90 Å². The highest BCUT2D eigenvalue weighted by Crippen LogP contribution is 2.43. The van der Waals surface area contributed by atoms with Crippen molar-refractivity contribution in [3.05, 3.63) is 0 Å². The lowest BCUT2D eigenvalue weighted by molar-refractivity contribution is -0.154. The second kappa shape index (κ2) is 5.85. The first-order chi connectivity index (χ1) is 9.72. The molecule has 1 aliphatic carbocycles. The largest absolute Gasteiger partial charge is 0.481 e. The molecule has 2 rings (SSSR count). The maximum Gasteiger partial charge on any atom is 0.410 e. The molecular formula is C16H27NO4. The lowest BCUT2D eigenvalue weighted by atomic mass is 9.67. The number of carboxylic acids is 1. The van der Waals surface area contributed by atoms with Gasteiger partial charge in [-0.25, -0.2) is 4.79 Å². The van der Waals surface area contributed by atoms with Gasteiger partial charge in [0.15, 0.2) is 0 Å². The Morgan fingerprint density at radius 2 is 1.81 bits per heavy atom. The van der Waals surface area contributed by atoms with Gasteiger partial charge in [0.05, 0.1) is 5.41 Å². The van der Waals surface area contributed by atoms with E-state index in [0.717, 1.165) is 19.3 Å². The molecule has 5 heteroatoms. The standard InChI is InChI=1S/C16H27NO4/c1-15(2,3)21-14(20)17-9-7-16(8-10-17,13(18)19)11-12-5-4-6-12/h12H,4-11H2,1-3H3,(H,18,19). The smallest absolute Gasteiger partial charge is 0.410 e. The maximum absolute atomic E-state index is 12.0. The number of hydrogen-bond donors (Lipinski definition) is 1. The first-order valence-corrected chi connectivity index (χ1v) is 7.93. The number of carbonyl (C=O) groups excluding carboxylic acids is 1. The molecule has 0 aromatic carbocycles. The Hall–Kier alpha value is -1.26. The highest BCUT2D eigenvalue weighted by atomic mass is 16.6. The zero-order valence-electron chi connectivity index (χ0n) is 13.4. The summed E-state index contributed by atoms with van der Waals surface area (Å²) in [5.41, 5.74) is -1.14. The van der Waals surface area contributed by atoms with Gasteiger partial charge in [-0.1, -0.05) is 19.3 Å². The van der Waals surface area contributed by atoms with E-state index in [4.69, 9.17) is 4.74 Å². The molecule has 21 heavy (non-hydrogen) atoms. The summed E-state index contributed by atoms with van der Waals surface area (Å²) in [6.45, 7) is 6.48. The van der Waals surface area contributed by atoms with Crippen molar-refractivity contribution in [3.63, 3.8) is 0 Å². The summed E-state index contributed by atoms with van der Waals surface area (Å²) in [7, 11) is 0. The molecule has 1 N–H and O–H groups in total. The topological polar surface area (TPSA) is 66.8 Å². The lowest BCUT2D eigenvalue weighted by Gasteiger charge is -2.42. The summed E-state index contributed by atoms with van der Waals surface area (Å²) in [6.07, 6.45) is 5.06. The number of amides is 1. The second-order valence-electron chi connectivity index (χ2n) is 7.55. The number of ether oxygens (including phenoxy) is 1. The van der Waals surface area contributed by atoms with Crippen LogP contribution in [-0.4, -0.2) is 40.8 Å². The third-order valence-corrected chi connectivity index (χ3v) is 4.73. The van der Waals surface area contributed by atoms with Crippen LogP contribution in [0.2, 0.25) is 0 Å². The van der Waals surface area contributed by atoms with Crippen LogP contribution in [0.15, 0.2) is 0 Å². The predicted octanol–water partition coefficient (Wildman–Crippen LogP) is 3.28. The fraction of sp³-hybridized carbons (Fsp3) is 0.875. The quantitative estimate of drug-likeness (QED) is 0.868. The Morgan fingerprint density at radius 1 is 1.24 bits per heavy atom. The van der Waals surface area contributed by atoms with E-state index in [1.165, 1.54) is 6.42 Å². The van der Waals surface area contributed by atoms with Crippen LogP contribution in [-0.2, 0) is 9.53 Å². The molecule has 1 saturated carbocycles. The summed E-state index contributed by atoms with van der Waals surface area (Å²) >= 11 is 0. The summed E-state index contributed by atoms with van der Waals surface area (Å²) < 4.78 is 5.36. The lowest BCUT2D eigenvalue weighted by Crippen LogP contribution is -2.48. The van der Waals surface area contributed by atoms with Gasteiger partial charge in [0.1, 0.15) is 5.60 Å². The first-order valence-electron chi connectivity index (χ1n) is 7.93. The van der Waals surface area contributed by atoms with E-state index in [9.17, 15) is 14.7 Å². The molecule has 0 radical (unpaired) electrons. The van der Waals surface area contributed by atoms with Crippen molar-refractivity contribution in [2.45, 2.75) is 64.9 Å². The van der Waals surface area contributed by atoms with E-state index in [0.29, 0.717) is 31.8 Å². The van der Waals surface area contributed by atoms with Gasteiger partial charge in [0.25, 0.3) is 0 Å². The van der Waals surface area contributed by atoms with Crippen LogP contribution in [0.3, 0.4) is 0 Å². The van der Waals surface area contributed by atoms with Crippen molar-refractivity contribution in [2.24, 2.45) is 11.3 Å². The van der Waals surface area contributed by atoms with Gasteiger partial charge in [-0.3, -0.25) is 4.79 Å². The monoisotopic (exact) mass is 297 g/mol. The van der Waals surface area contributed by atoms with Gasteiger partial charge in [0, 0.05) is 13.1 Å². The molecule has 0 aromatic rings. The summed E-state index contributed by atoms with van der Waals surface area (Å²) in [5, 5.41) is 9.63. The van der Waals surface area contributed by atoms with Crippen LogP contribution in [0.25, 0.3) is 0 Å². The number of carbonyl (C=O) groups is 2. The molecule has 0 atom stereocenters. The maximum atomic E-state index is 12.0. The van der Waals surface area contributed by atoms with Crippen molar-refractivity contribution in [1.82, 2.24) is 4.90 Å². The van der Waals surface area contributed by atoms with Gasteiger partial charge in [0.2, 0.25) is 0 Å². The Kier molecular flexibility index (Phi) is 4.49. The SMILES string of the molecule is CC(C)(C)OC(=O)N1CCC(CC2CCC2)(C(=O)O)CC1. The number of carboxylic acid groups (broad SMARTS) is 1. The Balaban J connectivity index is 1.93. The van der Waals surface area contributed by atoms with Crippen molar-refractivity contribution < 1.29 is 19.4 Å². The molecule has 0 unspecified atom stereocenters. The van der Waals surface area contributed by atoms with Crippen molar-refractivity contribution in [2.75, 3.05) is 13.1 Å². The fourth-order valence-corrected chi connectivity index (χ4v) is 3.20. The Bertz CT molecular complexity index is 401. The van der Waals surface area contributed by atoms with Gasteiger partial charge < -0.3 is 14.7 Å². The molecule has 1 heterocycles. The van der Waals surface area contributed by atoms with E-state index < -0.39 is 17.0 Å². The summed E-state index contributed by atoms with van der Waals surface area (Å²) in [4.78, 5) is 25.4. The minimum absolute atomic E-state index is 0.329. The molecule has 0 aromatic heterocycles. The van der Waals surface area contributed by atoms with Crippen LogP contribution in [0.4, 0.5) is 4.79 Å². The molecule has 0 spiro atoms. The number of likely N-dealkylation sites (tertiary alicyclic amines) is 1. The minimum Gasteiger partial charge on any atom is -0.481 e. The average molecular weight is 297 g/mol. The van der Waals surface area contributed by atoms with Crippen LogP contribution in [0, 0.1) is 11.3 Å². The molecule has 2 fully saturated rings. The van der Waals surface area contributed by atoms with Crippen molar-refractivity contribution in [3.8, 4) is 0 Å². The van der Waals surface area contributed by atoms with Crippen LogP contribution in [0.1, 0.15) is 59.3 Å². The highest BCUT2D eigenvalue weighted by Gasteiger charge is 2.45. The van der Waals surface area contributed by atoms with E-state index in [2.05, 4.69) is 0 Å². The molecule has 1 aliphatic heterocycles. The Morgan fingerprint density at radius 3 is 2.19 bits per heavy atom. The normalized spacial score (nSPS) is 22.5.